The number of rotatable bonds is 5. The fourth-order valence-electron chi connectivity index (χ4n) is 8.21. The summed E-state index contributed by atoms with van der Waals surface area (Å²) in [6.45, 7) is 9.43. The number of pyridine rings is 1. The van der Waals surface area contributed by atoms with Gasteiger partial charge in [0.25, 0.3) is 0 Å². The molecule has 3 saturated heterocycles. The van der Waals surface area contributed by atoms with Crippen LogP contribution in [0.3, 0.4) is 0 Å². The van der Waals surface area contributed by atoms with E-state index in [0.717, 1.165) is 93.1 Å². The molecule has 3 N–H and O–H groups in total. The molecule has 0 spiro atoms. The molecule has 1 saturated carbocycles. The third kappa shape index (κ3) is 4.21. The molecule has 5 aliphatic rings. The summed E-state index contributed by atoms with van der Waals surface area (Å²) in [4.78, 5) is 18.9. The van der Waals surface area contributed by atoms with Gasteiger partial charge in [0.15, 0.2) is 0 Å². The number of nitrogens with zero attached hydrogens (tertiary/aromatic N) is 7. The third-order valence-electron chi connectivity index (χ3n) is 10.6. The zero-order valence-electron chi connectivity index (χ0n) is 24.3. The summed E-state index contributed by atoms with van der Waals surface area (Å²) in [7, 11) is 0. The highest BCUT2D eigenvalue weighted by Gasteiger charge is 2.44. The molecule has 0 bridgehead atoms. The fourth-order valence-corrected chi connectivity index (χ4v) is 9.40. The van der Waals surface area contributed by atoms with Gasteiger partial charge in [-0.25, -0.2) is 4.98 Å². The number of hydrogen-bond donors (Lipinski definition) is 2. The third-order valence-corrected chi connectivity index (χ3v) is 11.7. The lowest BCUT2D eigenvalue weighted by Gasteiger charge is -2.46. The van der Waals surface area contributed by atoms with Gasteiger partial charge in [-0.3, -0.25) is 4.90 Å². The molecule has 3 aromatic heterocycles. The summed E-state index contributed by atoms with van der Waals surface area (Å²) in [5.74, 6) is 2.76. The second-order valence-electron chi connectivity index (χ2n) is 13.0. The van der Waals surface area contributed by atoms with Crippen molar-refractivity contribution in [3.05, 3.63) is 34.0 Å². The van der Waals surface area contributed by atoms with Crippen molar-refractivity contribution in [2.45, 2.75) is 69.4 Å². The Labute approximate surface area is 250 Å². The van der Waals surface area contributed by atoms with E-state index in [0.29, 0.717) is 34.2 Å². The van der Waals surface area contributed by atoms with Crippen LogP contribution in [0.15, 0.2) is 16.7 Å². The summed E-state index contributed by atoms with van der Waals surface area (Å²) in [6, 6.07) is 8.04. The van der Waals surface area contributed by atoms with Crippen LogP contribution < -0.4 is 20.9 Å². The highest BCUT2D eigenvalue weighted by Crippen LogP contribution is 2.48. The van der Waals surface area contributed by atoms with E-state index in [2.05, 4.69) is 50.3 Å². The van der Waals surface area contributed by atoms with Crippen molar-refractivity contribution in [2.24, 2.45) is 5.92 Å². The molecule has 6 heterocycles. The van der Waals surface area contributed by atoms with Crippen molar-refractivity contribution in [3.8, 4) is 17.6 Å². The number of nitrogens with one attached hydrogen (secondary N) is 1. The number of aryl methyl sites for hydroxylation is 1. The minimum Gasteiger partial charge on any atom is -0.389 e. The minimum atomic E-state index is -0.546. The van der Waals surface area contributed by atoms with Crippen molar-refractivity contribution in [1.82, 2.24) is 25.3 Å². The van der Waals surface area contributed by atoms with E-state index in [1.54, 1.807) is 0 Å². The Morgan fingerprint density at radius 3 is 2.74 bits per heavy atom. The molecule has 0 aromatic carbocycles. The average Bonchev–Trinajstić information content (AvgIpc) is 3.80. The number of piperazine rings is 1. The van der Waals surface area contributed by atoms with E-state index in [-0.39, 0.29) is 0 Å². The molecule has 0 radical (unpaired) electrons. The Balaban J connectivity index is 1.13. The van der Waals surface area contributed by atoms with Gasteiger partial charge in [0.2, 0.25) is 11.7 Å². The van der Waals surface area contributed by atoms with Crippen molar-refractivity contribution in [2.75, 3.05) is 61.3 Å². The topological polar surface area (TPSA) is 123 Å². The Hall–Kier alpha value is -3.20. The van der Waals surface area contributed by atoms with Gasteiger partial charge in [-0.15, -0.1) is 11.3 Å². The molecular weight excluding hydrogens is 546 g/mol. The highest BCUT2D eigenvalue weighted by atomic mass is 32.1. The lowest BCUT2D eigenvalue weighted by molar-refractivity contribution is 0.187. The van der Waals surface area contributed by atoms with E-state index < -0.39 is 5.41 Å². The van der Waals surface area contributed by atoms with Gasteiger partial charge in [-0.05, 0) is 45.1 Å². The average molecular weight is 586 g/mol. The van der Waals surface area contributed by atoms with Crippen molar-refractivity contribution in [3.63, 3.8) is 0 Å². The van der Waals surface area contributed by atoms with Gasteiger partial charge in [0.1, 0.15) is 22.6 Å². The number of anilines is 3. The number of fused-ring (bicyclic) bond motifs is 2. The second-order valence-corrected chi connectivity index (χ2v) is 14.2. The number of aromatic nitrogens is 3. The molecule has 4 fully saturated rings. The van der Waals surface area contributed by atoms with E-state index in [1.165, 1.54) is 42.7 Å². The predicted octanol–water partition coefficient (Wildman–Crippen LogP) is 3.76. The van der Waals surface area contributed by atoms with Crippen LogP contribution in [-0.2, 0) is 11.8 Å². The summed E-state index contributed by atoms with van der Waals surface area (Å²) in [5, 5.41) is 18.5. The Morgan fingerprint density at radius 2 is 1.95 bits per heavy atom. The SMILES string of the molecule is CC1(c2nc(-c3cc(N4C[C@H]5CNC[C@H]54)cc(N4CCN(C5CCCC5)CC4)n3)no2)CCCc2sc(N)c(C#N)c21. The standard InChI is InChI=1S/C31H39N9OS/c1-31(8-4-7-25-27(31)22(15-32)28(33)42-25)30-36-29(37-41-30)23-13-21(40-18-19-16-34-17-24(19)40)14-26(35-23)39-11-9-38(10-12-39)20-5-2-3-6-20/h13-14,19-20,24,34H,2-12,16-18,33H2,1H3/t19-,24-,31?/m1/s1. The maximum atomic E-state index is 9.92. The van der Waals surface area contributed by atoms with Gasteiger partial charge in [-0.1, -0.05) is 18.0 Å². The number of nitrogens with two attached hydrogens (primary N) is 1. The Morgan fingerprint density at radius 1 is 1.12 bits per heavy atom. The molecule has 3 atom stereocenters. The highest BCUT2D eigenvalue weighted by molar-refractivity contribution is 7.16. The van der Waals surface area contributed by atoms with Gasteiger partial charge in [0.05, 0.1) is 11.0 Å². The fraction of sp³-hybridized carbons (Fsp3) is 0.613. The molecule has 11 heteroatoms. The largest absolute Gasteiger partial charge is 0.389 e. The van der Waals surface area contributed by atoms with E-state index in [1.807, 2.05) is 0 Å². The molecule has 1 unspecified atom stereocenters. The Bertz CT molecular complexity index is 1530. The molecule has 3 aliphatic heterocycles. The quantitative estimate of drug-likeness (QED) is 0.457. The van der Waals surface area contributed by atoms with Crippen molar-refractivity contribution < 1.29 is 4.52 Å². The van der Waals surface area contributed by atoms with Crippen LogP contribution >= 0.6 is 11.3 Å². The second kappa shape index (κ2) is 10.2. The number of thiophene rings is 1. The molecule has 3 aromatic rings. The first-order valence-corrected chi connectivity index (χ1v) is 16.5. The molecule has 10 nitrogen and oxygen atoms in total. The smallest absolute Gasteiger partial charge is 0.237 e. The van der Waals surface area contributed by atoms with E-state index in [4.69, 9.17) is 20.2 Å². The maximum Gasteiger partial charge on any atom is 0.237 e. The zero-order chi connectivity index (χ0) is 28.4. The molecule has 8 rings (SSSR count). The molecule has 0 amide bonds. The summed E-state index contributed by atoms with van der Waals surface area (Å²) >= 11 is 1.52. The van der Waals surface area contributed by atoms with Crippen molar-refractivity contribution >= 4 is 27.8 Å². The normalized spacial score (nSPS) is 28.0. The monoisotopic (exact) mass is 585 g/mol. The first kappa shape index (κ1) is 26.4. The van der Waals surface area contributed by atoms with E-state index >= 15 is 0 Å². The van der Waals surface area contributed by atoms with Gasteiger partial charge in [0, 0.05) is 86.0 Å². The lowest BCUT2D eigenvalue weighted by Crippen LogP contribution is -2.56. The van der Waals surface area contributed by atoms with Crippen LogP contribution in [0, 0.1) is 17.2 Å². The molecular formula is C31H39N9OS. The predicted molar refractivity (Wildman–Crippen MR) is 164 cm³/mol. The lowest BCUT2D eigenvalue weighted by atomic mass is 9.72. The number of hydrogen-bond acceptors (Lipinski definition) is 11. The first-order chi connectivity index (χ1) is 20.5. The van der Waals surface area contributed by atoms with Crippen molar-refractivity contribution in [1.29, 1.82) is 5.26 Å². The first-order valence-electron chi connectivity index (χ1n) is 15.7. The van der Waals surface area contributed by atoms with E-state index in [9.17, 15) is 5.26 Å². The van der Waals surface area contributed by atoms with Gasteiger partial charge in [-0.2, -0.15) is 10.2 Å². The van der Waals surface area contributed by atoms with Crippen LogP contribution in [0.4, 0.5) is 16.5 Å². The van der Waals surface area contributed by atoms with Crippen LogP contribution in [0.25, 0.3) is 11.5 Å². The Kier molecular flexibility index (Phi) is 6.43. The van der Waals surface area contributed by atoms with Gasteiger partial charge >= 0.3 is 0 Å². The molecule has 42 heavy (non-hydrogen) atoms. The number of nitriles is 1. The summed E-state index contributed by atoms with van der Waals surface area (Å²) in [6.07, 6.45) is 8.18. The maximum absolute atomic E-state index is 9.92. The van der Waals surface area contributed by atoms with Crippen LogP contribution in [-0.4, -0.2) is 77.9 Å². The van der Waals surface area contributed by atoms with Gasteiger partial charge < -0.3 is 25.4 Å². The van der Waals surface area contributed by atoms with Crippen LogP contribution in [0.5, 0.6) is 0 Å². The zero-order valence-corrected chi connectivity index (χ0v) is 25.1. The van der Waals surface area contributed by atoms with Crippen LogP contribution in [0.2, 0.25) is 0 Å². The summed E-state index contributed by atoms with van der Waals surface area (Å²) in [5.41, 5.74) is 9.18. The molecule has 220 valence electrons. The number of nitrogen functional groups attached to an aromatic ring is 1. The van der Waals surface area contributed by atoms with Crippen LogP contribution in [0.1, 0.15) is 67.3 Å². The minimum absolute atomic E-state index is 0.509. The summed E-state index contributed by atoms with van der Waals surface area (Å²) < 4.78 is 6.00. The molecule has 2 aliphatic carbocycles.